The van der Waals surface area contributed by atoms with Gasteiger partial charge in [-0.05, 0) is 13.0 Å². The van der Waals surface area contributed by atoms with Crippen molar-refractivity contribution >= 4 is 16.9 Å². The molecule has 0 bridgehead atoms. The predicted molar refractivity (Wildman–Crippen MR) is 56.2 cm³/mol. The van der Waals surface area contributed by atoms with Gasteiger partial charge in [0.1, 0.15) is 5.69 Å². The molecule has 0 aliphatic rings. The highest BCUT2D eigenvalue weighted by atomic mass is 19.2. The van der Waals surface area contributed by atoms with Crippen molar-refractivity contribution < 1.29 is 18.7 Å². The molecule has 0 radical (unpaired) electrons. The third kappa shape index (κ3) is 1.67. The Hall–Kier alpha value is -2.24. The first-order valence-electron chi connectivity index (χ1n) is 4.66. The van der Waals surface area contributed by atoms with E-state index in [1.54, 1.807) is 0 Å². The van der Waals surface area contributed by atoms with Crippen LogP contribution < -0.4 is 5.43 Å². The summed E-state index contributed by atoms with van der Waals surface area (Å²) < 4.78 is 25.9. The minimum absolute atomic E-state index is 0.0445. The molecule has 0 fully saturated rings. The Labute approximate surface area is 93.5 Å². The number of pyridine rings is 1. The fraction of sp³-hybridized carbons (Fsp3) is 0.0909. The SMILES string of the molecule is Cc1c(C(=O)O)[nH]c2cc(F)c(F)cc2c1=O. The van der Waals surface area contributed by atoms with Gasteiger partial charge in [-0.3, -0.25) is 4.79 Å². The Kier molecular flexibility index (Phi) is 2.42. The molecule has 0 spiro atoms. The first-order chi connectivity index (χ1) is 7.91. The van der Waals surface area contributed by atoms with Crippen LogP contribution in [-0.2, 0) is 0 Å². The van der Waals surface area contributed by atoms with Crippen LogP contribution in [0.3, 0.4) is 0 Å². The van der Waals surface area contributed by atoms with E-state index in [1.807, 2.05) is 0 Å². The van der Waals surface area contributed by atoms with Crippen LogP contribution in [0.2, 0.25) is 0 Å². The number of carbonyl (C=O) groups is 1. The van der Waals surface area contributed by atoms with E-state index in [-0.39, 0.29) is 22.2 Å². The lowest BCUT2D eigenvalue weighted by Crippen LogP contribution is -2.15. The highest BCUT2D eigenvalue weighted by Crippen LogP contribution is 2.15. The molecule has 0 amide bonds. The molecule has 0 aliphatic carbocycles. The highest BCUT2D eigenvalue weighted by Gasteiger charge is 2.15. The average molecular weight is 239 g/mol. The molecule has 6 heteroatoms. The summed E-state index contributed by atoms with van der Waals surface area (Å²) in [6.07, 6.45) is 0. The minimum atomic E-state index is -1.33. The van der Waals surface area contributed by atoms with Crippen LogP contribution >= 0.6 is 0 Å². The van der Waals surface area contributed by atoms with Crippen LogP contribution in [0.4, 0.5) is 8.78 Å². The van der Waals surface area contributed by atoms with E-state index in [0.717, 1.165) is 12.1 Å². The molecule has 2 aromatic rings. The van der Waals surface area contributed by atoms with Gasteiger partial charge < -0.3 is 10.1 Å². The van der Waals surface area contributed by atoms with E-state index in [4.69, 9.17) is 5.11 Å². The van der Waals surface area contributed by atoms with Crippen LogP contribution in [0.5, 0.6) is 0 Å². The van der Waals surface area contributed by atoms with Crippen molar-refractivity contribution in [2.75, 3.05) is 0 Å². The monoisotopic (exact) mass is 239 g/mol. The standard InChI is InChI=1S/C11H7F2NO3/c1-4-9(11(16)17)14-8-3-7(13)6(12)2-5(8)10(4)15/h2-3H,1H3,(H,14,15)(H,16,17). The number of benzene rings is 1. The normalized spacial score (nSPS) is 10.8. The number of carboxylic acid groups (broad SMARTS) is 1. The van der Waals surface area contributed by atoms with Gasteiger partial charge in [-0.15, -0.1) is 0 Å². The van der Waals surface area contributed by atoms with Gasteiger partial charge in [0.2, 0.25) is 0 Å². The molecule has 88 valence electrons. The smallest absolute Gasteiger partial charge is 0.352 e. The third-order valence-corrected chi connectivity index (χ3v) is 2.49. The van der Waals surface area contributed by atoms with Gasteiger partial charge >= 0.3 is 5.97 Å². The summed E-state index contributed by atoms with van der Waals surface area (Å²) in [6.45, 7) is 1.31. The number of fused-ring (bicyclic) bond motifs is 1. The fourth-order valence-electron chi connectivity index (χ4n) is 1.60. The molecule has 1 heterocycles. The van der Waals surface area contributed by atoms with Crippen molar-refractivity contribution in [3.8, 4) is 0 Å². The number of aromatic carboxylic acids is 1. The second-order valence-corrected chi connectivity index (χ2v) is 3.57. The zero-order valence-corrected chi connectivity index (χ0v) is 8.67. The Morgan fingerprint density at radius 1 is 1.29 bits per heavy atom. The molecule has 0 aliphatic heterocycles. The maximum atomic E-state index is 13.0. The molecule has 0 unspecified atom stereocenters. The molecule has 2 N–H and O–H groups in total. The number of aromatic nitrogens is 1. The molecular weight excluding hydrogens is 232 g/mol. The van der Waals surface area contributed by atoms with E-state index in [2.05, 4.69) is 4.98 Å². The lowest BCUT2D eigenvalue weighted by atomic mass is 10.1. The van der Waals surface area contributed by atoms with Crippen LogP contribution in [0.15, 0.2) is 16.9 Å². The van der Waals surface area contributed by atoms with E-state index < -0.39 is 23.0 Å². The Morgan fingerprint density at radius 3 is 2.47 bits per heavy atom. The molecule has 17 heavy (non-hydrogen) atoms. The second-order valence-electron chi connectivity index (χ2n) is 3.57. The predicted octanol–water partition coefficient (Wildman–Crippen LogP) is 1.81. The van der Waals surface area contributed by atoms with Gasteiger partial charge in [0, 0.05) is 17.0 Å². The summed E-state index contributed by atoms with van der Waals surface area (Å²) in [6, 6.07) is 1.51. The van der Waals surface area contributed by atoms with Crippen LogP contribution in [-0.4, -0.2) is 16.1 Å². The van der Waals surface area contributed by atoms with Gasteiger partial charge in [0.05, 0.1) is 5.52 Å². The second kappa shape index (κ2) is 3.65. The van der Waals surface area contributed by atoms with Gasteiger partial charge in [-0.1, -0.05) is 0 Å². The number of rotatable bonds is 1. The Morgan fingerprint density at radius 2 is 1.88 bits per heavy atom. The summed E-state index contributed by atoms with van der Waals surface area (Å²) in [5, 5.41) is 8.76. The van der Waals surface area contributed by atoms with Gasteiger partial charge in [-0.25, -0.2) is 13.6 Å². The van der Waals surface area contributed by atoms with Crippen LogP contribution in [0.25, 0.3) is 10.9 Å². The first kappa shape index (κ1) is 11.3. The number of H-pyrrole nitrogens is 1. The lowest BCUT2D eigenvalue weighted by Gasteiger charge is -2.04. The maximum absolute atomic E-state index is 13.0. The number of carboxylic acids is 1. The van der Waals surface area contributed by atoms with Crippen LogP contribution in [0.1, 0.15) is 16.1 Å². The van der Waals surface area contributed by atoms with Crippen molar-refractivity contribution in [2.45, 2.75) is 6.92 Å². The summed E-state index contributed by atoms with van der Waals surface area (Å²) in [7, 11) is 0. The minimum Gasteiger partial charge on any atom is -0.477 e. The molecule has 1 aromatic heterocycles. The maximum Gasteiger partial charge on any atom is 0.352 e. The van der Waals surface area contributed by atoms with Gasteiger partial charge in [0.25, 0.3) is 0 Å². The van der Waals surface area contributed by atoms with Crippen molar-refractivity contribution in [1.29, 1.82) is 0 Å². The molecule has 2 rings (SSSR count). The Balaban J connectivity index is 2.96. The molecule has 0 saturated heterocycles. The van der Waals surface area contributed by atoms with Crippen molar-refractivity contribution in [1.82, 2.24) is 4.98 Å². The van der Waals surface area contributed by atoms with E-state index >= 15 is 0 Å². The topological polar surface area (TPSA) is 70.2 Å². The molecule has 1 aromatic carbocycles. The summed E-state index contributed by atoms with van der Waals surface area (Å²) in [4.78, 5) is 25.0. The largest absolute Gasteiger partial charge is 0.477 e. The third-order valence-electron chi connectivity index (χ3n) is 2.49. The summed E-state index contributed by atoms with van der Waals surface area (Å²) in [5.74, 6) is -3.62. The van der Waals surface area contributed by atoms with E-state index in [1.165, 1.54) is 6.92 Å². The zero-order chi connectivity index (χ0) is 12.7. The van der Waals surface area contributed by atoms with Gasteiger partial charge in [-0.2, -0.15) is 0 Å². The average Bonchev–Trinajstić information content (AvgIpc) is 2.26. The van der Waals surface area contributed by atoms with Crippen molar-refractivity contribution in [3.05, 3.63) is 45.2 Å². The van der Waals surface area contributed by atoms with Gasteiger partial charge in [0.15, 0.2) is 17.1 Å². The molecule has 0 atom stereocenters. The fourth-order valence-corrected chi connectivity index (χ4v) is 1.60. The van der Waals surface area contributed by atoms with E-state index in [9.17, 15) is 18.4 Å². The number of halogens is 2. The molecule has 4 nitrogen and oxygen atoms in total. The van der Waals surface area contributed by atoms with E-state index in [0.29, 0.717) is 0 Å². The van der Waals surface area contributed by atoms with Crippen LogP contribution in [0, 0.1) is 18.6 Å². The Bertz CT molecular complexity index is 691. The molecular formula is C11H7F2NO3. The molecule has 0 saturated carbocycles. The number of hydrogen-bond donors (Lipinski definition) is 2. The zero-order valence-electron chi connectivity index (χ0n) is 8.67. The lowest BCUT2D eigenvalue weighted by molar-refractivity contribution is 0.0690. The number of nitrogens with one attached hydrogen (secondary N) is 1. The number of aromatic amines is 1. The summed E-state index contributed by atoms with van der Waals surface area (Å²) >= 11 is 0. The quantitative estimate of drug-likeness (QED) is 0.797. The first-order valence-corrected chi connectivity index (χ1v) is 4.66. The van der Waals surface area contributed by atoms with Crippen molar-refractivity contribution in [3.63, 3.8) is 0 Å². The number of hydrogen-bond acceptors (Lipinski definition) is 2. The van der Waals surface area contributed by atoms with Crippen molar-refractivity contribution in [2.24, 2.45) is 0 Å². The summed E-state index contributed by atoms with van der Waals surface area (Å²) in [5.41, 5.74) is -1.04. The highest BCUT2D eigenvalue weighted by molar-refractivity contribution is 5.91.